The smallest absolute Gasteiger partial charge is 0.191 e. The second-order valence-corrected chi connectivity index (χ2v) is 10.00. The van der Waals surface area contributed by atoms with Gasteiger partial charge in [-0.1, -0.05) is 37.3 Å². The average molecular weight is 547 g/mol. The molecule has 2 N–H and O–H groups in total. The number of nitrogens with one attached hydrogen (secondary N) is 2. The number of guanidine groups is 1. The standard InChI is InChI=1S/C23H38N4OS.HI/c1-4-24-22(25-18-23(29-5-2)11-13-28-14-12-23)26-21-15-19(3)27(17-21)16-20-9-7-6-8-10-20;/h6-10,19,21H,4-5,11-18H2,1-3H3,(H2,24,25,26);1H. The number of aliphatic imine (C=N–C) groups is 1. The van der Waals surface area contributed by atoms with Crippen molar-refractivity contribution in [3.8, 4) is 0 Å². The van der Waals surface area contributed by atoms with Crippen molar-refractivity contribution in [2.75, 3.05) is 38.6 Å². The molecule has 0 bridgehead atoms. The normalized spacial score (nSPS) is 24.3. The van der Waals surface area contributed by atoms with Gasteiger partial charge in [0.15, 0.2) is 5.96 Å². The summed E-state index contributed by atoms with van der Waals surface area (Å²) in [5.41, 5.74) is 1.39. The molecule has 30 heavy (non-hydrogen) atoms. The van der Waals surface area contributed by atoms with Crippen molar-refractivity contribution in [2.45, 2.75) is 63.4 Å². The van der Waals surface area contributed by atoms with Crippen molar-refractivity contribution in [1.29, 1.82) is 0 Å². The number of nitrogens with zero attached hydrogens (tertiary/aromatic N) is 2. The maximum absolute atomic E-state index is 5.61. The van der Waals surface area contributed by atoms with Crippen molar-refractivity contribution in [3.05, 3.63) is 35.9 Å². The van der Waals surface area contributed by atoms with E-state index in [1.807, 2.05) is 0 Å². The van der Waals surface area contributed by atoms with Crippen LogP contribution in [0.4, 0.5) is 0 Å². The minimum absolute atomic E-state index is 0. The Morgan fingerprint density at radius 3 is 2.63 bits per heavy atom. The molecular weight excluding hydrogens is 507 g/mol. The molecule has 3 rings (SSSR count). The van der Waals surface area contributed by atoms with Gasteiger partial charge in [-0.25, -0.2) is 0 Å². The lowest BCUT2D eigenvalue weighted by Crippen LogP contribution is -2.46. The van der Waals surface area contributed by atoms with Crippen LogP contribution < -0.4 is 10.6 Å². The summed E-state index contributed by atoms with van der Waals surface area (Å²) < 4.78 is 5.84. The van der Waals surface area contributed by atoms with E-state index in [2.05, 4.69) is 78.4 Å². The van der Waals surface area contributed by atoms with Gasteiger partial charge in [0.2, 0.25) is 0 Å². The van der Waals surface area contributed by atoms with E-state index in [-0.39, 0.29) is 28.7 Å². The second kappa shape index (κ2) is 13.1. The van der Waals surface area contributed by atoms with Crippen LogP contribution in [0.1, 0.15) is 45.6 Å². The third kappa shape index (κ3) is 7.57. The summed E-state index contributed by atoms with van der Waals surface area (Å²) in [6.45, 7) is 12.3. The lowest BCUT2D eigenvalue weighted by atomic mass is 9.99. The summed E-state index contributed by atoms with van der Waals surface area (Å²) in [6, 6.07) is 11.8. The fourth-order valence-corrected chi connectivity index (χ4v) is 5.60. The number of rotatable bonds is 8. The fraction of sp³-hybridized carbons (Fsp3) is 0.696. The van der Waals surface area contributed by atoms with Gasteiger partial charge in [-0.3, -0.25) is 9.89 Å². The predicted octanol–water partition coefficient (Wildman–Crippen LogP) is 4.12. The maximum Gasteiger partial charge on any atom is 0.191 e. The highest BCUT2D eigenvalue weighted by atomic mass is 127. The van der Waals surface area contributed by atoms with Crippen LogP contribution in [0.3, 0.4) is 0 Å². The summed E-state index contributed by atoms with van der Waals surface area (Å²) in [6.07, 6.45) is 3.35. The Hall–Kier alpha value is -0.510. The first-order valence-corrected chi connectivity index (χ1v) is 12.2. The van der Waals surface area contributed by atoms with Crippen LogP contribution in [-0.2, 0) is 11.3 Å². The Kier molecular flexibility index (Phi) is 11.3. The Bertz CT molecular complexity index is 634. The monoisotopic (exact) mass is 546 g/mol. The van der Waals surface area contributed by atoms with Gasteiger partial charge in [-0.05, 0) is 44.4 Å². The van der Waals surface area contributed by atoms with Gasteiger partial charge in [0, 0.05) is 49.7 Å². The van der Waals surface area contributed by atoms with E-state index in [9.17, 15) is 0 Å². The molecule has 7 heteroatoms. The summed E-state index contributed by atoms with van der Waals surface area (Å²) in [5.74, 6) is 2.10. The molecule has 0 spiro atoms. The summed E-state index contributed by atoms with van der Waals surface area (Å²) in [7, 11) is 0. The number of likely N-dealkylation sites (tertiary alicyclic amines) is 1. The van der Waals surface area contributed by atoms with Crippen LogP contribution in [0, 0.1) is 0 Å². The van der Waals surface area contributed by atoms with Crippen molar-refractivity contribution in [3.63, 3.8) is 0 Å². The van der Waals surface area contributed by atoms with E-state index < -0.39 is 0 Å². The van der Waals surface area contributed by atoms with Gasteiger partial charge in [0.05, 0.1) is 6.54 Å². The molecule has 0 aromatic heterocycles. The molecule has 2 aliphatic rings. The van der Waals surface area contributed by atoms with Crippen molar-refractivity contribution in [1.82, 2.24) is 15.5 Å². The summed E-state index contributed by atoms with van der Waals surface area (Å²) in [5, 5.41) is 7.19. The first kappa shape index (κ1) is 25.7. The maximum atomic E-state index is 5.61. The van der Waals surface area contributed by atoms with E-state index in [1.54, 1.807) is 0 Å². The second-order valence-electron chi connectivity index (χ2n) is 8.26. The molecule has 2 heterocycles. The molecule has 1 aromatic carbocycles. The first-order chi connectivity index (χ1) is 14.1. The number of ether oxygens (including phenoxy) is 1. The van der Waals surface area contributed by atoms with Gasteiger partial charge in [-0.2, -0.15) is 11.8 Å². The average Bonchev–Trinajstić information content (AvgIpc) is 3.07. The van der Waals surface area contributed by atoms with E-state index in [1.165, 1.54) is 5.56 Å². The van der Waals surface area contributed by atoms with Crippen LogP contribution in [0.2, 0.25) is 0 Å². The largest absolute Gasteiger partial charge is 0.381 e. The Balaban J connectivity index is 0.00000320. The van der Waals surface area contributed by atoms with E-state index in [0.29, 0.717) is 12.1 Å². The van der Waals surface area contributed by atoms with Crippen LogP contribution in [-0.4, -0.2) is 66.3 Å². The molecule has 2 atom stereocenters. The first-order valence-electron chi connectivity index (χ1n) is 11.2. The van der Waals surface area contributed by atoms with E-state index >= 15 is 0 Å². The number of halogens is 1. The third-order valence-electron chi connectivity index (χ3n) is 6.00. The number of benzene rings is 1. The van der Waals surface area contributed by atoms with Crippen LogP contribution in [0.15, 0.2) is 35.3 Å². The van der Waals surface area contributed by atoms with Crippen molar-refractivity contribution < 1.29 is 4.74 Å². The van der Waals surface area contributed by atoms with Crippen LogP contribution in [0.5, 0.6) is 0 Å². The quantitative estimate of drug-likeness (QED) is 0.292. The summed E-state index contributed by atoms with van der Waals surface area (Å²) >= 11 is 2.05. The Labute approximate surface area is 204 Å². The topological polar surface area (TPSA) is 48.9 Å². The Morgan fingerprint density at radius 2 is 1.97 bits per heavy atom. The molecule has 170 valence electrons. The molecule has 0 saturated carbocycles. The molecule has 2 unspecified atom stereocenters. The molecule has 0 aliphatic carbocycles. The van der Waals surface area contributed by atoms with Gasteiger partial charge in [0.25, 0.3) is 0 Å². The molecule has 0 radical (unpaired) electrons. The zero-order valence-corrected chi connectivity index (χ0v) is 21.9. The molecule has 2 aliphatic heterocycles. The molecular formula is C23H39IN4OS. The van der Waals surface area contributed by atoms with Gasteiger partial charge < -0.3 is 15.4 Å². The van der Waals surface area contributed by atoms with Crippen LogP contribution in [0.25, 0.3) is 0 Å². The third-order valence-corrected chi connectivity index (χ3v) is 7.44. The molecule has 2 fully saturated rings. The Morgan fingerprint density at radius 1 is 1.23 bits per heavy atom. The SMILES string of the molecule is CCNC(=NCC1(SCC)CCOCC1)NC1CC(C)N(Cc2ccccc2)C1.I. The molecule has 1 aromatic rings. The number of hydrogen-bond acceptors (Lipinski definition) is 4. The molecule has 0 amide bonds. The van der Waals surface area contributed by atoms with Gasteiger partial charge >= 0.3 is 0 Å². The predicted molar refractivity (Wildman–Crippen MR) is 140 cm³/mol. The lowest BCUT2D eigenvalue weighted by molar-refractivity contribution is 0.0793. The van der Waals surface area contributed by atoms with E-state index in [4.69, 9.17) is 9.73 Å². The number of thioether (sulfide) groups is 1. The van der Waals surface area contributed by atoms with E-state index in [0.717, 1.165) is 70.4 Å². The minimum Gasteiger partial charge on any atom is -0.381 e. The number of hydrogen-bond donors (Lipinski definition) is 2. The highest BCUT2D eigenvalue weighted by Gasteiger charge is 2.33. The lowest BCUT2D eigenvalue weighted by Gasteiger charge is -2.35. The zero-order chi connectivity index (χ0) is 20.5. The van der Waals surface area contributed by atoms with Crippen molar-refractivity contribution >= 4 is 41.7 Å². The molecule has 5 nitrogen and oxygen atoms in total. The minimum atomic E-state index is 0. The summed E-state index contributed by atoms with van der Waals surface area (Å²) in [4.78, 5) is 7.60. The van der Waals surface area contributed by atoms with Crippen molar-refractivity contribution in [2.24, 2.45) is 4.99 Å². The zero-order valence-electron chi connectivity index (χ0n) is 18.7. The van der Waals surface area contributed by atoms with Crippen LogP contribution >= 0.6 is 35.7 Å². The highest BCUT2D eigenvalue weighted by molar-refractivity contribution is 14.0. The molecule has 2 saturated heterocycles. The van der Waals surface area contributed by atoms with Gasteiger partial charge in [0.1, 0.15) is 0 Å². The highest BCUT2D eigenvalue weighted by Crippen LogP contribution is 2.35. The van der Waals surface area contributed by atoms with Gasteiger partial charge in [-0.15, -0.1) is 24.0 Å². The fourth-order valence-electron chi connectivity index (χ4n) is 4.38.